The highest BCUT2D eigenvalue weighted by Gasteiger charge is 2.53. The van der Waals surface area contributed by atoms with Gasteiger partial charge in [0, 0.05) is 17.7 Å². The van der Waals surface area contributed by atoms with Gasteiger partial charge in [0.25, 0.3) is 0 Å². The number of hydrogen-bond acceptors (Lipinski definition) is 7. The molecule has 118 valence electrons. The second-order valence-corrected chi connectivity index (χ2v) is 5.91. The van der Waals surface area contributed by atoms with Crippen LogP contribution in [0.15, 0.2) is 12.4 Å². The molecular formula is C13H17N5O3S. The van der Waals surface area contributed by atoms with Gasteiger partial charge in [0.2, 0.25) is 16.9 Å². The Morgan fingerprint density at radius 3 is 2.77 bits per heavy atom. The average molecular weight is 323 g/mol. The number of hydrogen-bond donors (Lipinski definition) is 1. The van der Waals surface area contributed by atoms with Crippen molar-refractivity contribution in [2.75, 3.05) is 14.2 Å². The summed E-state index contributed by atoms with van der Waals surface area (Å²) in [5, 5.41) is 11.4. The minimum Gasteiger partial charge on any atom is -0.486 e. The van der Waals surface area contributed by atoms with Gasteiger partial charge in [-0.15, -0.1) is 5.10 Å². The van der Waals surface area contributed by atoms with Crippen LogP contribution in [0.25, 0.3) is 0 Å². The van der Waals surface area contributed by atoms with E-state index in [1.54, 1.807) is 31.3 Å². The maximum atomic E-state index is 12.6. The molecule has 1 fully saturated rings. The molecule has 0 bridgehead atoms. The minimum absolute atomic E-state index is 0.0826. The Kier molecular flexibility index (Phi) is 3.73. The van der Waals surface area contributed by atoms with E-state index in [1.165, 1.54) is 11.5 Å². The zero-order valence-corrected chi connectivity index (χ0v) is 13.4. The van der Waals surface area contributed by atoms with Crippen molar-refractivity contribution in [3.05, 3.63) is 18.0 Å². The van der Waals surface area contributed by atoms with Crippen LogP contribution in [0.4, 0.5) is 0 Å². The maximum absolute atomic E-state index is 12.6. The number of carbonyl (C=O) groups excluding carboxylic acids is 1. The Morgan fingerprint density at radius 1 is 1.45 bits per heavy atom. The van der Waals surface area contributed by atoms with Crippen molar-refractivity contribution in [2.45, 2.75) is 31.3 Å². The molecule has 2 aromatic heterocycles. The Hall–Kier alpha value is -2.16. The summed E-state index contributed by atoms with van der Waals surface area (Å²) < 4.78 is 16.3. The molecule has 22 heavy (non-hydrogen) atoms. The van der Waals surface area contributed by atoms with E-state index in [1.807, 2.05) is 6.92 Å². The number of aromatic nitrogens is 4. The van der Waals surface area contributed by atoms with E-state index in [-0.39, 0.29) is 11.9 Å². The number of methoxy groups -OCH3 is 2. The summed E-state index contributed by atoms with van der Waals surface area (Å²) in [5.74, 6) is 0.390. The minimum atomic E-state index is -0.616. The molecule has 0 radical (unpaired) electrons. The van der Waals surface area contributed by atoms with Crippen molar-refractivity contribution in [2.24, 2.45) is 0 Å². The van der Waals surface area contributed by atoms with Gasteiger partial charge in [-0.05, 0) is 19.8 Å². The van der Waals surface area contributed by atoms with Crippen LogP contribution in [0.1, 0.15) is 31.4 Å². The van der Waals surface area contributed by atoms with Crippen molar-refractivity contribution in [3.63, 3.8) is 0 Å². The summed E-state index contributed by atoms with van der Waals surface area (Å²) in [6.45, 7) is 1.88. The van der Waals surface area contributed by atoms with Gasteiger partial charge >= 0.3 is 0 Å². The maximum Gasteiger partial charge on any atom is 0.248 e. The van der Waals surface area contributed by atoms with E-state index in [0.29, 0.717) is 10.9 Å². The van der Waals surface area contributed by atoms with Crippen molar-refractivity contribution in [1.82, 2.24) is 24.7 Å². The summed E-state index contributed by atoms with van der Waals surface area (Å²) >= 11 is 1.20. The Balaban J connectivity index is 1.79. The molecule has 0 spiro atoms. The smallest absolute Gasteiger partial charge is 0.248 e. The fraction of sp³-hybridized carbons (Fsp3) is 0.538. The molecule has 1 N–H and O–H groups in total. The van der Waals surface area contributed by atoms with Gasteiger partial charge in [0.05, 0.1) is 32.0 Å². The van der Waals surface area contributed by atoms with E-state index < -0.39 is 5.54 Å². The lowest BCUT2D eigenvalue weighted by atomic mass is 10.1. The average Bonchev–Trinajstić information content (AvgIpc) is 2.99. The standard InChI is InChI=1S/C13H17N5O3S/c1-8(9-10(20-2)16-22-11(9)21-3)15-12(19)13(4-5-13)18-7-6-14-17-18/h6-8H,4-5H2,1-3H3,(H,15,19). The molecule has 2 aromatic rings. The molecule has 1 aliphatic rings. The van der Waals surface area contributed by atoms with Crippen LogP contribution in [0.3, 0.4) is 0 Å². The van der Waals surface area contributed by atoms with Gasteiger partial charge in [-0.25, -0.2) is 4.68 Å². The second kappa shape index (κ2) is 5.56. The predicted octanol–water partition coefficient (Wildman–Crippen LogP) is 1.12. The number of carbonyl (C=O) groups is 1. The van der Waals surface area contributed by atoms with Gasteiger partial charge in [0.1, 0.15) is 5.54 Å². The van der Waals surface area contributed by atoms with Gasteiger partial charge in [-0.3, -0.25) is 4.79 Å². The topological polar surface area (TPSA) is 91.2 Å². The zero-order valence-electron chi connectivity index (χ0n) is 12.6. The monoisotopic (exact) mass is 323 g/mol. The van der Waals surface area contributed by atoms with Gasteiger partial charge < -0.3 is 14.8 Å². The molecule has 0 saturated heterocycles. The third-order valence-electron chi connectivity index (χ3n) is 3.83. The highest BCUT2D eigenvalue weighted by Crippen LogP contribution is 2.44. The second-order valence-electron chi connectivity index (χ2n) is 5.17. The molecule has 3 rings (SSSR count). The molecule has 0 aromatic carbocycles. The van der Waals surface area contributed by atoms with Crippen LogP contribution >= 0.6 is 11.5 Å². The molecule has 1 amide bonds. The van der Waals surface area contributed by atoms with Crippen molar-refractivity contribution in [1.29, 1.82) is 0 Å². The molecular weight excluding hydrogens is 306 g/mol. The summed E-state index contributed by atoms with van der Waals surface area (Å²) in [4.78, 5) is 12.6. The summed E-state index contributed by atoms with van der Waals surface area (Å²) in [6, 6.07) is -0.280. The van der Waals surface area contributed by atoms with E-state index in [0.717, 1.165) is 18.4 Å². The van der Waals surface area contributed by atoms with E-state index >= 15 is 0 Å². The van der Waals surface area contributed by atoms with Crippen LogP contribution in [0, 0.1) is 0 Å². The normalized spacial score (nSPS) is 16.9. The quantitative estimate of drug-likeness (QED) is 0.856. The van der Waals surface area contributed by atoms with Crippen molar-refractivity contribution >= 4 is 17.4 Å². The first-order valence-electron chi connectivity index (χ1n) is 6.87. The van der Waals surface area contributed by atoms with Crippen molar-refractivity contribution < 1.29 is 14.3 Å². The Bertz CT molecular complexity index is 644. The predicted molar refractivity (Wildman–Crippen MR) is 79.0 cm³/mol. The van der Waals surface area contributed by atoms with Crippen LogP contribution in [0.5, 0.6) is 10.9 Å². The van der Waals surface area contributed by atoms with E-state index in [9.17, 15) is 4.79 Å². The number of ether oxygens (including phenoxy) is 2. The van der Waals surface area contributed by atoms with Gasteiger partial charge in [-0.1, -0.05) is 5.21 Å². The largest absolute Gasteiger partial charge is 0.486 e. The SMILES string of the molecule is COc1nsc(OC)c1C(C)NC(=O)C1(n2ccnn2)CC1. The van der Waals surface area contributed by atoms with Crippen LogP contribution in [-0.4, -0.2) is 39.5 Å². The summed E-state index contributed by atoms with van der Waals surface area (Å²) in [5.41, 5.74) is 0.132. The number of amides is 1. The third kappa shape index (κ3) is 2.31. The Labute approximate surface area is 131 Å². The fourth-order valence-electron chi connectivity index (χ4n) is 2.44. The first kappa shape index (κ1) is 14.8. The number of rotatable bonds is 6. The molecule has 1 unspecified atom stereocenters. The van der Waals surface area contributed by atoms with Gasteiger partial charge in [0.15, 0.2) is 0 Å². The molecule has 9 heteroatoms. The zero-order chi connectivity index (χ0) is 15.7. The fourth-order valence-corrected chi connectivity index (χ4v) is 3.22. The lowest BCUT2D eigenvalue weighted by Gasteiger charge is -2.20. The summed E-state index contributed by atoms with van der Waals surface area (Å²) in [7, 11) is 3.12. The lowest BCUT2D eigenvalue weighted by Crippen LogP contribution is -2.40. The summed E-state index contributed by atoms with van der Waals surface area (Å²) in [6.07, 6.45) is 4.80. The van der Waals surface area contributed by atoms with Gasteiger partial charge in [-0.2, -0.15) is 4.37 Å². The van der Waals surface area contributed by atoms with E-state index in [2.05, 4.69) is 20.0 Å². The third-order valence-corrected chi connectivity index (χ3v) is 4.64. The first-order chi connectivity index (χ1) is 10.6. The molecule has 1 aliphatic carbocycles. The van der Waals surface area contributed by atoms with E-state index in [4.69, 9.17) is 9.47 Å². The lowest BCUT2D eigenvalue weighted by molar-refractivity contribution is -0.126. The highest BCUT2D eigenvalue weighted by atomic mass is 32.1. The molecule has 1 atom stereocenters. The van der Waals surface area contributed by atoms with Crippen LogP contribution in [-0.2, 0) is 10.3 Å². The highest BCUT2D eigenvalue weighted by molar-refractivity contribution is 7.08. The van der Waals surface area contributed by atoms with Crippen molar-refractivity contribution in [3.8, 4) is 10.9 Å². The van der Waals surface area contributed by atoms with Crippen LogP contribution in [0.2, 0.25) is 0 Å². The number of nitrogens with one attached hydrogen (secondary N) is 1. The Morgan fingerprint density at radius 2 is 2.23 bits per heavy atom. The molecule has 2 heterocycles. The number of nitrogens with zero attached hydrogens (tertiary/aromatic N) is 4. The molecule has 8 nitrogen and oxygen atoms in total. The first-order valence-corrected chi connectivity index (χ1v) is 7.65. The molecule has 1 saturated carbocycles. The van der Waals surface area contributed by atoms with Crippen LogP contribution < -0.4 is 14.8 Å². The molecule has 0 aliphatic heterocycles.